The van der Waals surface area contributed by atoms with Crippen LogP contribution in [0.25, 0.3) is 0 Å². The van der Waals surface area contributed by atoms with Crippen LogP contribution in [0.2, 0.25) is 0 Å². The molecule has 0 bridgehead atoms. The number of imidazole rings is 1. The van der Waals surface area contributed by atoms with Gasteiger partial charge in [-0.05, 0) is 11.6 Å². The summed E-state index contributed by atoms with van der Waals surface area (Å²) in [6, 6.07) is 3.74. The van der Waals surface area contributed by atoms with Gasteiger partial charge in [-0.1, -0.05) is 6.07 Å². The molecule has 2 saturated heterocycles. The van der Waals surface area contributed by atoms with E-state index in [-0.39, 0.29) is 18.1 Å². The Morgan fingerprint density at radius 1 is 1.19 bits per heavy atom. The Kier molecular flexibility index (Phi) is 5.47. The van der Waals surface area contributed by atoms with Crippen LogP contribution in [0.1, 0.15) is 22.1 Å². The van der Waals surface area contributed by atoms with Crippen molar-refractivity contribution in [3.8, 4) is 0 Å². The smallest absolute Gasteiger partial charge is 0.272 e. The maximum absolute atomic E-state index is 13.3. The predicted octanol–water partition coefficient (Wildman–Crippen LogP) is 0.730. The van der Waals surface area contributed by atoms with Crippen molar-refractivity contribution in [2.45, 2.75) is 12.1 Å². The van der Waals surface area contributed by atoms with E-state index in [2.05, 4.69) is 14.9 Å². The molecule has 0 spiro atoms. The molecule has 144 valence electrons. The van der Waals surface area contributed by atoms with Gasteiger partial charge in [0.1, 0.15) is 5.69 Å². The number of hydrogen-bond donors (Lipinski definition) is 0. The minimum absolute atomic E-state index is 0.0286. The van der Waals surface area contributed by atoms with Crippen LogP contribution >= 0.6 is 0 Å². The fourth-order valence-electron chi connectivity index (χ4n) is 3.81. The van der Waals surface area contributed by atoms with Crippen LogP contribution in [0.3, 0.4) is 0 Å². The molecular weight excluding hydrogens is 346 g/mol. The molecule has 2 atom stereocenters. The number of rotatable bonds is 4. The highest BCUT2D eigenvalue weighted by Gasteiger charge is 2.38. The molecular formula is C19H25N5O3. The number of carbonyl (C=O) groups is 1. The van der Waals surface area contributed by atoms with Gasteiger partial charge in [-0.3, -0.25) is 14.7 Å². The highest BCUT2D eigenvalue weighted by molar-refractivity contribution is 5.92. The standard InChI is InChI=1S/C19H25N5O3/c1-22-14-21-12-16(22)19(25)24-7-10-27-17(13-23-5-8-26-9-6-23)18(24)15-3-2-4-20-11-15/h2-4,11-12,14,17-18H,5-10,13H2,1H3/t17-,18-/m0/s1. The molecule has 4 rings (SSSR count). The van der Waals surface area contributed by atoms with Gasteiger partial charge in [-0.2, -0.15) is 0 Å². The van der Waals surface area contributed by atoms with Crippen molar-refractivity contribution >= 4 is 5.91 Å². The number of morpholine rings is 2. The lowest BCUT2D eigenvalue weighted by atomic mass is 9.98. The Labute approximate surface area is 158 Å². The van der Waals surface area contributed by atoms with Gasteiger partial charge in [0.05, 0.1) is 44.5 Å². The lowest BCUT2D eigenvalue weighted by Crippen LogP contribution is -2.53. The minimum atomic E-state index is -0.183. The summed E-state index contributed by atoms with van der Waals surface area (Å²) in [5.74, 6) is -0.0286. The monoisotopic (exact) mass is 371 g/mol. The lowest BCUT2D eigenvalue weighted by Gasteiger charge is -2.43. The summed E-state index contributed by atoms with van der Waals surface area (Å²) in [7, 11) is 1.84. The van der Waals surface area contributed by atoms with Crippen molar-refractivity contribution in [2.75, 3.05) is 46.0 Å². The number of ether oxygens (including phenoxy) is 2. The number of hydrogen-bond acceptors (Lipinski definition) is 6. The van der Waals surface area contributed by atoms with Gasteiger partial charge in [-0.15, -0.1) is 0 Å². The fraction of sp³-hybridized carbons (Fsp3) is 0.526. The summed E-state index contributed by atoms with van der Waals surface area (Å²) in [6.07, 6.45) is 6.73. The van der Waals surface area contributed by atoms with Crippen LogP contribution in [-0.4, -0.2) is 82.3 Å². The first-order valence-corrected chi connectivity index (χ1v) is 9.33. The maximum atomic E-state index is 13.3. The van der Waals surface area contributed by atoms with E-state index in [1.54, 1.807) is 23.3 Å². The zero-order valence-electron chi connectivity index (χ0n) is 15.5. The second-order valence-electron chi connectivity index (χ2n) is 6.94. The number of aromatic nitrogens is 3. The molecule has 2 fully saturated rings. The van der Waals surface area contributed by atoms with Gasteiger partial charge in [0, 0.05) is 45.6 Å². The van der Waals surface area contributed by atoms with Crippen LogP contribution in [0.4, 0.5) is 0 Å². The summed E-state index contributed by atoms with van der Waals surface area (Å²) in [5, 5.41) is 0. The van der Waals surface area contributed by atoms with Crippen LogP contribution in [0.5, 0.6) is 0 Å². The molecule has 27 heavy (non-hydrogen) atoms. The van der Waals surface area contributed by atoms with E-state index in [4.69, 9.17) is 9.47 Å². The Bertz CT molecular complexity index is 760. The highest BCUT2D eigenvalue weighted by Crippen LogP contribution is 2.31. The molecule has 0 aromatic carbocycles. The van der Waals surface area contributed by atoms with Crippen LogP contribution in [0, 0.1) is 0 Å². The van der Waals surface area contributed by atoms with E-state index in [9.17, 15) is 4.79 Å². The molecule has 0 saturated carbocycles. The molecule has 0 aliphatic carbocycles. The van der Waals surface area contributed by atoms with Gasteiger partial charge >= 0.3 is 0 Å². The Morgan fingerprint density at radius 3 is 2.74 bits per heavy atom. The molecule has 0 unspecified atom stereocenters. The quantitative estimate of drug-likeness (QED) is 0.789. The predicted molar refractivity (Wildman–Crippen MR) is 98.2 cm³/mol. The van der Waals surface area contributed by atoms with E-state index in [0.717, 1.165) is 38.4 Å². The second kappa shape index (κ2) is 8.16. The molecule has 8 heteroatoms. The highest BCUT2D eigenvalue weighted by atomic mass is 16.5. The Morgan fingerprint density at radius 2 is 2.04 bits per heavy atom. The third kappa shape index (κ3) is 3.87. The average molecular weight is 371 g/mol. The minimum Gasteiger partial charge on any atom is -0.379 e. The summed E-state index contributed by atoms with van der Waals surface area (Å²) in [5.41, 5.74) is 1.57. The number of aryl methyl sites for hydroxylation is 1. The van der Waals surface area contributed by atoms with E-state index >= 15 is 0 Å². The third-order valence-corrected chi connectivity index (χ3v) is 5.22. The van der Waals surface area contributed by atoms with E-state index in [1.807, 2.05) is 30.3 Å². The molecule has 1 amide bonds. The largest absolute Gasteiger partial charge is 0.379 e. The first kappa shape index (κ1) is 18.1. The first-order chi connectivity index (χ1) is 13.2. The SMILES string of the molecule is Cn1cncc1C(=O)N1CCO[C@@H](CN2CCOCC2)[C@@H]1c1cccnc1. The average Bonchev–Trinajstić information content (AvgIpc) is 3.14. The van der Waals surface area contributed by atoms with Crippen molar-refractivity contribution in [2.24, 2.45) is 7.05 Å². The van der Waals surface area contributed by atoms with Crippen molar-refractivity contribution in [3.63, 3.8) is 0 Å². The van der Waals surface area contributed by atoms with Crippen molar-refractivity contribution < 1.29 is 14.3 Å². The molecule has 2 aliphatic heterocycles. The van der Waals surface area contributed by atoms with Crippen molar-refractivity contribution in [3.05, 3.63) is 48.3 Å². The summed E-state index contributed by atoms with van der Waals surface area (Å²) in [6.45, 7) is 5.07. The molecule has 8 nitrogen and oxygen atoms in total. The first-order valence-electron chi connectivity index (χ1n) is 9.33. The summed E-state index contributed by atoms with van der Waals surface area (Å²) < 4.78 is 13.4. The number of carbonyl (C=O) groups excluding carboxylic acids is 1. The van der Waals surface area contributed by atoms with Gasteiger partial charge in [0.15, 0.2) is 0 Å². The number of nitrogens with zero attached hydrogens (tertiary/aromatic N) is 5. The fourth-order valence-corrected chi connectivity index (χ4v) is 3.81. The number of pyridine rings is 1. The summed E-state index contributed by atoms with van der Waals surface area (Å²) in [4.78, 5) is 25.9. The van der Waals surface area contributed by atoms with E-state index < -0.39 is 0 Å². The van der Waals surface area contributed by atoms with Crippen LogP contribution in [0.15, 0.2) is 37.1 Å². The number of amides is 1. The van der Waals surface area contributed by atoms with Crippen LogP contribution < -0.4 is 0 Å². The van der Waals surface area contributed by atoms with Crippen molar-refractivity contribution in [1.29, 1.82) is 0 Å². The van der Waals surface area contributed by atoms with E-state index in [0.29, 0.717) is 18.8 Å². The zero-order valence-corrected chi connectivity index (χ0v) is 15.5. The zero-order chi connectivity index (χ0) is 18.6. The third-order valence-electron chi connectivity index (χ3n) is 5.22. The Balaban J connectivity index is 1.62. The molecule has 0 N–H and O–H groups in total. The van der Waals surface area contributed by atoms with Crippen molar-refractivity contribution in [1.82, 2.24) is 24.3 Å². The van der Waals surface area contributed by atoms with Gasteiger partial charge in [0.25, 0.3) is 5.91 Å². The summed E-state index contributed by atoms with van der Waals surface area (Å²) >= 11 is 0. The van der Waals surface area contributed by atoms with Gasteiger partial charge < -0.3 is 18.9 Å². The molecule has 2 aromatic heterocycles. The lowest BCUT2D eigenvalue weighted by molar-refractivity contribution is -0.0821. The maximum Gasteiger partial charge on any atom is 0.272 e. The Hall–Kier alpha value is -2.29. The topological polar surface area (TPSA) is 72.7 Å². The van der Waals surface area contributed by atoms with Crippen LogP contribution in [-0.2, 0) is 16.5 Å². The molecule has 2 aromatic rings. The molecule has 2 aliphatic rings. The molecule has 4 heterocycles. The second-order valence-corrected chi connectivity index (χ2v) is 6.94. The molecule has 0 radical (unpaired) electrons. The van der Waals surface area contributed by atoms with E-state index in [1.165, 1.54) is 0 Å². The normalized spacial score (nSPS) is 24.1. The van der Waals surface area contributed by atoms with Gasteiger partial charge in [0.2, 0.25) is 0 Å². The van der Waals surface area contributed by atoms with Gasteiger partial charge in [-0.25, -0.2) is 4.98 Å².